The van der Waals surface area contributed by atoms with Crippen LogP contribution in [0.25, 0.3) is 10.6 Å². The van der Waals surface area contributed by atoms with E-state index in [0.717, 1.165) is 33.8 Å². The van der Waals surface area contributed by atoms with E-state index in [2.05, 4.69) is 10.2 Å². The highest BCUT2D eigenvalue weighted by Gasteiger charge is 2.13. The molecule has 0 aliphatic carbocycles. The summed E-state index contributed by atoms with van der Waals surface area (Å²) in [7, 11) is 1.63. The highest BCUT2D eigenvalue weighted by atomic mass is 32.1. The summed E-state index contributed by atoms with van der Waals surface area (Å²) >= 11 is 1.08. The van der Waals surface area contributed by atoms with Crippen LogP contribution in [0.4, 0.5) is 0 Å². The van der Waals surface area contributed by atoms with Crippen LogP contribution in [0.5, 0.6) is 5.75 Å². The summed E-state index contributed by atoms with van der Waals surface area (Å²) in [4.78, 5) is 10.9. The average molecular weight is 236 g/mol. The molecule has 0 spiro atoms. The molecule has 2 rings (SSSR count). The zero-order valence-corrected chi connectivity index (χ0v) is 10.1. The number of aromatic nitrogens is 2. The summed E-state index contributed by atoms with van der Waals surface area (Å²) in [5.74, 6) is 0.780. The van der Waals surface area contributed by atoms with E-state index < -0.39 is 0 Å². The fourth-order valence-electron chi connectivity index (χ4n) is 1.57. The predicted octanol–water partition coefficient (Wildman–Crippen LogP) is 2.12. The first-order valence-electron chi connectivity index (χ1n) is 4.83. The van der Waals surface area contributed by atoms with Crippen molar-refractivity contribution in [3.8, 4) is 16.3 Å². The molecule has 0 amide bonds. The molecule has 5 heteroatoms. The smallest absolute Gasteiger partial charge is 0.322 e. The number of aromatic amines is 1. The third kappa shape index (κ3) is 1.74. The van der Waals surface area contributed by atoms with E-state index in [1.807, 2.05) is 26.0 Å². The van der Waals surface area contributed by atoms with Crippen molar-refractivity contribution in [2.75, 3.05) is 7.11 Å². The first kappa shape index (κ1) is 10.9. The van der Waals surface area contributed by atoms with Gasteiger partial charge in [-0.1, -0.05) is 17.4 Å². The van der Waals surface area contributed by atoms with Crippen molar-refractivity contribution in [3.63, 3.8) is 0 Å². The Morgan fingerprint density at radius 1 is 1.38 bits per heavy atom. The Hall–Kier alpha value is -1.62. The molecule has 0 unspecified atom stereocenters. The quantitative estimate of drug-likeness (QED) is 0.869. The molecule has 0 atom stereocenters. The van der Waals surface area contributed by atoms with E-state index in [9.17, 15) is 4.79 Å². The molecule has 1 heterocycles. The van der Waals surface area contributed by atoms with E-state index in [0.29, 0.717) is 5.01 Å². The van der Waals surface area contributed by atoms with Gasteiger partial charge in [0, 0.05) is 0 Å². The largest absolute Gasteiger partial charge is 0.496 e. The van der Waals surface area contributed by atoms with Crippen molar-refractivity contribution < 1.29 is 4.74 Å². The summed E-state index contributed by atoms with van der Waals surface area (Å²) in [6, 6.07) is 3.92. The lowest BCUT2D eigenvalue weighted by molar-refractivity contribution is 0.413. The zero-order chi connectivity index (χ0) is 11.7. The first-order valence-corrected chi connectivity index (χ1v) is 5.65. The Balaban J connectivity index is 2.65. The van der Waals surface area contributed by atoms with Gasteiger partial charge in [0.05, 0.1) is 12.7 Å². The maximum Gasteiger partial charge on any atom is 0.322 e. The fourth-order valence-corrected chi connectivity index (χ4v) is 2.20. The third-order valence-corrected chi connectivity index (χ3v) is 3.33. The van der Waals surface area contributed by atoms with Gasteiger partial charge in [-0.15, -0.1) is 0 Å². The van der Waals surface area contributed by atoms with Crippen molar-refractivity contribution in [1.29, 1.82) is 0 Å². The average Bonchev–Trinajstić information content (AvgIpc) is 2.68. The van der Waals surface area contributed by atoms with Gasteiger partial charge in [-0.05, 0) is 31.0 Å². The molecule has 0 saturated carbocycles. The number of aryl methyl sites for hydroxylation is 1. The molecule has 1 aromatic heterocycles. The van der Waals surface area contributed by atoms with Gasteiger partial charge in [0.2, 0.25) is 0 Å². The normalized spacial score (nSPS) is 10.4. The summed E-state index contributed by atoms with van der Waals surface area (Å²) < 4.78 is 5.37. The molecule has 1 aromatic carbocycles. The van der Waals surface area contributed by atoms with Crippen molar-refractivity contribution in [2.24, 2.45) is 0 Å². The molecule has 0 bridgehead atoms. The maximum absolute atomic E-state index is 11.1. The topological polar surface area (TPSA) is 55.0 Å². The predicted molar refractivity (Wildman–Crippen MR) is 64.2 cm³/mol. The molecule has 84 valence electrons. The first-order chi connectivity index (χ1) is 7.63. The lowest BCUT2D eigenvalue weighted by Crippen LogP contribution is -1.93. The number of rotatable bonds is 2. The van der Waals surface area contributed by atoms with Gasteiger partial charge in [-0.25, -0.2) is 5.10 Å². The van der Waals surface area contributed by atoms with Crippen molar-refractivity contribution >= 4 is 11.3 Å². The Kier molecular flexibility index (Phi) is 2.78. The highest BCUT2D eigenvalue weighted by molar-refractivity contribution is 7.12. The number of hydrogen-bond donors (Lipinski definition) is 1. The molecule has 4 nitrogen and oxygen atoms in total. The van der Waals surface area contributed by atoms with Crippen LogP contribution < -0.4 is 9.61 Å². The molecular weight excluding hydrogens is 224 g/mol. The number of nitrogens with one attached hydrogen (secondary N) is 1. The van der Waals surface area contributed by atoms with Gasteiger partial charge in [0.25, 0.3) is 0 Å². The minimum absolute atomic E-state index is 0.157. The molecule has 16 heavy (non-hydrogen) atoms. The Labute approximate surface area is 96.9 Å². The number of methoxy groups -OCH3 is 1. The van der Waals surface area contributed by atoms with Gasteiger partial charge < -0.3 is 4.74 Å². The van der Waals surface area contributed by atoms with Crippen LogP contribution in [0, 0.1) is 13.8 Å². The number of nitrogens with zero attached hydrogens (tertiary/aromatic N) is 1. The highest BCUT2D eigenvalue weighted by Crippen LogP contribution is 2.34. The molecule has 1 N–H and O–H groups in total. The van der Waals surface area contributed by atoms with E-state index in [1.165, 1.54) is 0 Å². The van der Waals surface area contributed by atoms with Gasteiger partial charge in [-0.2, -0.15) is 5.10 Å². The van der Waals surface area contributed by atoms with E-state index in [4.69, 9.17) is 4.74 Å². The molecule has 0 fully saturated rings. The SMILES string of the molecule is COc1c(-c2n[nH]c(=O)s2)ccc(C)c1C. The molecule has 0 saturated heterocycles. The van der Waals surface area contributed by atoms with Crippen LogP contribution in [0.2, 0.25) is 0 Å². The number of hydrogen-bond acceptors (Lipinski definition) is 4. The van der Waals surface area contributed by atoms with Crippen LogP contribution in [-0.2, 0) is 0 Å². The number of H-pyrrole nitrogens is 1. The van der Waals surface area contributed by atoms with Crippen LogP contribution in [0.3, 0.4) is 0 Å². The van der Waals surface area contributed by atoms with Gasteiger partial charge >= 0.3 is 4.87 Å². The van der Waals surface area contributed by atoms with Gasteiger partial charge in [0.15, 0.2) is 5.01 Å². The summed E-state index contributed by atoms with van der Waals surface area (Å²) in [5, 5.41) is 7.03. The number of benzene rings is 1. The molecule has 0 aliphatic rings. The zero-order valence-electron chi connectivity index (χ0n) is 9.33. The summed E-state index contributed by atoms with van der Waals surface area (Å²) in [6.45, 7) is 4.02. The lowest BCUT2D eigenvalue weighted by Gasteiger charge is -2.11. The standard InChI is InChI=1S/C11H12N2O2S/c1-6-4-5-8(9(15-3)7(6)2)10-12-13-11(14)16-10/h4-5H,1-3H3,(H,13,14). The summed E-state index contributed by atoms with van der Waals surface area (Å²) in [6.07, 6.45) is 0. The summed E-state index contributed by atoms with van der Waals surface area (Å²) in [5.41, 5.74) is 3.08. The Bertz CT molecular complexity index is 572. The molecule has 2 aromatic rings. The van der Waals surface area contributed by atoms with E-state index in [1.54, 1.807) is 7.11 Å². The van der Waals surface area contributed by atoms with Gasteiger partial charge in [0.1, 0.15) is 5.75 Å². The fraction of sp³-hybridized carbons (Fsp3) is 0.273. The second kappa shape index (κ2) is 4.09. The second-order valence-corrected chi connectivity index (χ2v) is 4.47. The molecule has 0 aliphatic heterocycles. The van der Waals surface area contributed by atoms with Crippen LogP contribution >= 0.6 is 11.3 Å². The molecule has 0 radical (unpaired) electrons. The minimum Gasteiger partial charge on any atom is -0.496 e. The van der Waals surface area contributed by atoms with Crippen molar-refractivity contribution in [2.45, 2.75) is 13.8 Å². The minimum atomic E-state index is -0.157. The van der Waals surface area contributed by atoms with E-state index in [-0.39, 0.29) is 4.87 Å². The van der Waals surface area contributed by atoms with Crippen molar-refractivity contribution in [3.05, 3.63) is 32.9 Å². The lowest BCUT2D eigenvalue weighted by atomic mass is 10.0. The Morgan fingerprint density at radius 3 is 2.69 bits per heavy atom. The van der Waals surface area contributed by atoms with Crippen LogP contribution in [0.1, 0.15) is 11.1 Å². The van der Waals surface area contributed by atoms with Crippen LogP contribution in [-0.4, -0.2) is 17.3 Å². The second-order valence-electron chi connectivity index (χ2n) is 3.51. The molecular formula is C11H12N2O2S. The van der Waals surface area contributed by atoms with Crippen molar-refractivity contribution in [1.82, 2.24) is 10.2 Å². The number of ether oxygens (including phenoxy) is 1. The maximum atomic E-state index is 11.1. The van der Waals surface area contributed by atoms with Gasteiger partial charge in [-0.3, -0.25) is 4.79 Å². The van der Waals surface area contributed by atoms with E-state index >= 15 is 0 Å². The third-order valence-electron chi connectivity index (χ3n) is 2.55. The Morgan fingerprint density at radius 2 is 2.12 bits per heavy atom. The monoisotopic (exact) mass is 236 g/mol. The van der Waals surface area contributed by atoms with Crippen LogP contribution in [0.15, 0.2) is 16.9 Å².